The molecule has 19 heavy (non-hydrogen) atoms. The molecule has 0 aliphatic carbocycles. The SMILES string of the molecule is COc1cccc(OCC2COC(C)CN2)c1OC. The molecular formula is C14H21NO4. The maximum absolute atomic E-state index is 5.80. The lowest BCUT2D eigenvalue weighted by Gasteiger charge is -2.28. The highest BCUT2D eigenvalue weighted by molar-refractivity contribution is 5.51. The average Bonchev–Trinajstić information content (AvgIpc) is 2.46. The van der Waals surface area contributed by atoms with Crippen molar-refractivity contribution in [2.75, 3.05) is 34.0 Å². The van der Waals surface area contributed by atoms with Crippen LogP contribution in [0, 0.1) is 0 Å². The van der Waals surface area contributed by atoms with Gasteiger partial charge >= 0.3 is 0 Å². The summed E-state index contributed by atoms with van der Waals surface area (Å²) in [7, 11) is 3.22. The lowest BCUT2D eigenvalue weighted by atomic mass is 10.2. The number of nitrogens with one attached hydrogen (secondary N) is 1. The molecule has 0 saturated carbocycles. The van der Waals surface area contributed by atoms with Crippen molar-refractivity contribution in [3.8, 4) is 17.2 Å². The van der Waals surface area contributed by atoms with Crippen molar-refractivity contribution in [2.45, 2.75) is 19.1 Å². The van der Waals surface area contributed by atoms with Gasteiger partial charge < -0.3 is 24.3 Å². The average molecular weight is 267 g/mol. The van der Waals surface area contributed by atoms with Crippen LogP contribution in [0.3, 0.4) is 0 Å². The Labute approximate surface area is 113 Å². The van der Waals surface area contributed by atoms with E-state index in [1.54, 1.807) is 14.2 Å². The summed E-state index contributed by atoms with van der Waals surface area (Å²) in [6, 6.07) is 5.79. The highest BCUT2D eigenvalue weighted by Crippen LogP contribution is 2.36. The van der Waals surface area contributed by atoms with Crippen molar-refractivity contribution in [1.82, 2.24) is 5.32 Å². The molecule has 2 atom stereocenters. The second-order valence-corrected chi connectivity index (χ2v) is 4.55. The number of methoxy groups -OCH3 is 2. The first kappa shape index (κ1) is 14.0. The fourth-order valence-corrected chi connectivity index (χ4v) is 2.00. The zero-order chi connectivity index (χ0) is 13.7. The summed E-state index contributed by atoms with van der Waals surface area (Å²) in [5.74, 6) is 1.97. The van der Waals surface area contributed by atoms with Gasteiger partial charge in [-0.3, -0.25) is 0 Å². The minimum atomic E-state index is 0.201. The molecule has 5 heteroatoms. The molecule has 0 aromatic heterocycles. The summed E-state index contributed by atoms with van der Waals surface area (Å²) < 4.78 is 21.9. The quantitative estimate of drug-likeness (QED) is 0.875. The van der Waals surface area contributed by atoms with Gasteiger partial charge in [0.2, 0.25) is 5.75 Å². The van der Waals surface area contributed by atoms with Crippen LogP contribution in [-0.4, -0.2) is 46.1 Å². The molecule has 2 unspecified atom stereocenters. The van der Waals surface area contributed by atoms with Crippen molar-refractivity contribution >= 4 is 0 Å². The van der Waals surface area contributed by atoms with Crippen molar-refractivity contribution in [3.63, 3.8) is 0 Å². The Hall–Kier alpha value is -1.46. The number of benzene rings is 1. The van der Waals surface area contributed by atoms with E-state index >= 15 is 0 Å². The van der Waals surface area contributed by atoms with Gasteiger partial charge in [-0.25, -0.2) is 0 Å². The van der Waals surface area contributed by atoms with Gasteiger partial charge in [0, 0.05) is 6.54 Å². The monoisotopic (exact) mass is 267 g/mol. The van der Waals surface area contributed by atoms with Crippen LogP contribution in [-0.2, 0) is 4.74 Å². The normalized spacial score (nSPS) is 22.9. The van der Waals surface area contributed by atoms with E-state index in [1.165, 1.54) is 0 Å². The highest BCUT2D eigenvalue weighted by atomic mass is 16.5. The molecule has 1 fully saturated rings. The molecule has 0 spiro atoms. The summed E-state index contributed by atoms with van der Waals surface area (Å²) in [6.07, 6.45) is 0.266. The highest BCUT2D eigenvalue weighted by Gasteiger charge is 2.19. The fourth-order valence-electron chi connectivity index (χ4n) is 2.00. The third-order valence-corrected chi connectivity index (χ3v) is 3.08. The molecule has 1 N–H and O–H groups in total. The number of morpholine rings is 1. The zero-order valence-electron chi connectivity index (χ0n) is 11.6. The van der Waals surface area contributed by atoms with Gasteiger partial charge in [-0.2, -0.15) is 0 Å². The number of ether oxygens (including phenoxy) is 4. The summed E-state index contributed by atoms with van der Waals surface area (Å²) in [5, 5.41) is 3.38. The summed E-state index contributed by atoms with van der Waals surface area (Å²) >= 11 is 0. The third-order valence-electron chi connectivity index (χ3n) is 3.08. The summed E-state index contributed by atoms with van der Waals surface area (Å²) in [4.78, 5) is 0. The predicted molar refractivity (Wildman–Crippen MR) is 72.2 cm³/mol. The maximum atomic E-state index is 5.80. The van der Waals surface area contributed by atoms with Crippen molar-refractivity contribution < 1.29 is 18.9 Å². The molecule has 1 aromatic carbocycles. The first-order valence-corrected chi connectivity index (χ1v) is 6.43. The van der Waals surface area contributed by atoms with Crippen LogP contribution >= 0.6 is 0 Å². The number of hydrogen-bond acceptors (Lipinski definition) is 5. The van der Waals surface area contributed by atoms with E-state index in [1.807, 2.05) is 18.2 Å². The molecule has 0 amide bonds. The molecule has 1 aliphatic heterocycles. The second kappa shape index (κ2) is 6.63. The van der Waals surface area contributed by atoms with E-state index in [9.17, 15) is 0 Å². The Morgan fingerprint density at radius 3 is 2.68 bits per heavy atom. The Bertz CT molecular complexity index is 402. The van der Waals surface area contributed by atoms with Crippen LogP contribution in [0.1, 0.15) is 6.92 Å². The second-order valence-electron chi connectivity index (χ2n) is 4.55. The lowest BCUT2D eigenvalue weighted by Crippen LogP contribution is -2.48. The Balaban J connectivity index is 1.95. The van der Waals surface area contributed by atoms with Gasteiger partial charge in [0.1, 0.15) is 6.61 Å². The minimum absolute atomic E-state index is 0.201. The molecule has 106 valence electrons. The lowest BCUT2D eigenvalue weighted by molar-refractivity contribution is 0.00433. The van der Waals surface area contributed by atoms with Gasteiger partial charge in [0.15, 0.2) is 11.5 Å². The van der Waals surface area contributed by atoms with Crippen LogP contribution < -0.4 is 19.5 Å². The molecule has 1 saturated heterocycles. The minimum Gasteiger partial charge on any atom is -0.493 e. The van der Waals surface area contributed by atoms with Crippen LogP contribution in [0.2, 0.25) is 0 Å². The molecule has 1 aliphatic rings. The van der Waals surface area contributed by atoms with Crippen LogP contribution in [0.4, 0.5) is 0 Å². The van der Waals surface area contributed by atoms with E-state index in [0.717, 1.165) is 6.54 Å². The molecule has 0 radical (unpaired) electrons. The third kappa shape index (κ3) is 3.52. The van der Waals surface area contributed by atoms with Gasteiger partial charge in [-0.05, 0) is 19.1 Å². The van der Waals surface area contributed by atoms with Gasteiger partial charge in [-0.1, -0.05) is 6.07 Å². The Kier molecular flexibility index (Phi) is 4.87. The van der Waals surface area contributed by atoms with E-state index in [4.69, 9.17) is 18.9 Å². The topological polar surface area (TPSA) is 49.0 Å². The van der Waals surface area contributed by atoms with E-state index in [-0.39, 0.29) is 12.1 Å². The number of para-hydroxylation sites is 1. The summed E-state index contributed by atoms with van der Waals surface area (Å²) in [6.45, 7) is 4.10. The molecule has 2 rings (SSSR count). The first-order valence-electron chi connectivity index (χ1n) is 6.43. The predicted octanol–water partition coefficient (Wildman–Crippen LogP) is 1.46. The van der Waals surface area contributed by atoms with Crippen molar-refractivity contribution in [2.24, 2.45) is 0 Å². The molecule has 0 bridgehead atoms. The van der Waals surface area contributed by atoms with Crippen LogP contribution in [0.5, 0.6) is 17.2 Å². The Morgan fingerprint density at radius 2 is 2.05 bits per heavy atom. The van der Waals surface area contributed by atoms with Crippen LogP contribution in [0.25, 0.3) is 0 Å². The van der Waals surface area contributed by atoms with E-state index in [0.29, 0.717) is 30.5 Å². The van der Waals surface area contributed by atoms with Gasteiger partial charge in [0.05, 0.1) is 33.0 Å². The molecular weight excluding hydrogens is 246 g/mol. The smallest absolute Gasteiger partial charge is 0.203 e. The molecule has 1 aromatic rings. The standard InChI is InChI=1S/C14H21NO4/c1-10-7-15-11(8-18-10)9-19-13-6-4-5-12(16-2)14(13)17-3/h4-6,10-11,15H,7-9H2,1-3H3. The molecule has 5 nitrogen and oxygen atoms in total. The van der Waals surface area contributed by atoms with Crippen molar-refractivity contribution in [3.05, 3.63) is 18.2 Å². The number of hydrogen-bond donors (Lipinski definition) is 1. The van der Waals surface area contributed by atoms with Gasteiger partial charge in [-0.15, -0.1) is 0 Å². The Morgan fingerprint density at radius 1 is 1.26 bits per heavy atom. The van der Waals surface area contributed by atoms with Gasteiger partial charge in [0.25, 0.3) is 0 Å². The molecule has 1 heterocycles. The zero-order valence-corrected chi connectivity index (χ0v) is 11.6. The summed E-state index contributed by atoms with van der Waals surface area (Å²) in [5.41, 5.74) is 0. The largest absolute Gasteiger partial charge is 0.493 e. The van der Waals surface area contributed by atoms with Crippen molar-refractivity contribution in [1.29, 1.82) is 0 Å². The maximum Gasteiger partial charge on any atom is 0.203 e. The van der Waals surface area contributed by atoms with Crippen LogP contribution in [0.15, 0.2) is 18.2 Å². The first-order chi connectivity index (χ1) is 9.24. The van der Waals surface area contributed by atoms with E-state index in [2.05, 4.69) is 12.2 Å². The van der Waals surface area contributed by atoms with E-state index < -0.39 is 0 Å². The fraction of sp³-hybridized carbons (Fsp3) is 0.571. The number of rotatable bonds is 5.